The molecule has 2 fully saturated rings. The van der Waals surface area contributed by atoms with Crippen molar-refractivity contribution in [2.24, 2.45) is 17.8 Å². The fourth-order valence-electron chi connectivity index (χ4n) is 6.84. The van der Waals surface area contributed by atoms with Crippen molar-refractivity contribution in [3.05, 3.63) is 65.2 Å². The highest BCUT2D eigenvalue weighted by atomic mass is 16.5. The van der Waals surface area contributed by atoms with E-state index in [1.807, 2.05) is 6.07 Å². The number of fused-ring (bicyclic) bond motifs is 1. The molecule has 0 amide bonds. The second-order valence-electron chi connectivity index (χ2n) is 12.2. The molecule has 0 heterocycles. The van der Waals surface area contributed by atoms with Gasteiger partial charge in [-0.2, -0.15) is 0 Å². The van der Waals surface area contributed by atoms with Crippen LogP contribution in [0.3, 0.4) is 0 Å². The summed E-state index contributed by atoms with van der Waals surface area (Å²) in [7, 11) is 0. The molecular weight excluding hydrogens is 444 g/mol. The normalized spacial score (nSPS) is 26.4. The molecule has 5 atom stereocenters. The lowest BCUT2D eigenvalue weighted by Crippen LogP contribution is -2.39. The van der Waals surface area contributed by atoms with E-state index in [1.165, 1.54) is 48.8 Å². The van der Waals surface area contributed by atoms with Gasteiger partial charge in [-0.3, -0.25) is 0 Å². The molecule has 2 aliphatic carbocycles. The number of hydrogen-bond acceptors (Lipinski definition) is 3. The maximum atomic E-state index is 10.8. The summed E-state index contributed by atoms with van der Waals surface area (Å²) in [6.45, 7) is 7.82. The molecule has 0 aliphatic heterocycles. The first-order chi connectivity index (χ1) is 17.4. The molecular formula is C33H48O3. The van der Waals surface area contributed by atoms with Crippen LogP contribution in [0, 0.1) is 17.8 Å². The predicted octanol–water partition coefficient (Wildman–Crippen LogP) is 7.78. The number of aliphatic hydroxyl groups is 2. The van der Waals surface area contributed by atoms with Gasteiger partial charge in [0.2, 0.25) is 0 Å². The van der Waals surface area contributed by atoms with Crippen LogP contribution in [-0.2, 0) is 12.0 Å². The van der Waals surface area contributed by atoms with Crippen molar-refractivity contribution in [2.45, 2.75) is 109 Å². The van der Waals surface area contributed by atoms with E-state index in [0.717, 1.165) is 37.9 Å². The minimum atomic E-state index is -0.251. The van der Waals surface area contributed by atoms with Gasteiger partial charge in [0.1, 0.15) is 12.4 Å². The number of rotatable bonds is 11. The fourth-order valence-corrected chi connectivity index (χ4v) is 6.84. The van der Waals surface area contributed by atoms with Gasteiger partial charge >= 0.3 is 0 Å². The SMILES string of the molecule is CCCCCCC(C)(C)c1ccc(C2CC(O)CC3CCC(CO)CC32)c(OCc2ccccc2)c1. The Labute approximate surface area is 219 Å². The van der Waals surface area contributed by atoms with Crippen molar-refractivity contribution in [3.8, 4) is 5.75 Å². The number of unbranched alkanes of at least 4 members (excludes halogenated alkanes) is 3. The first-order valence-corrected chi connectivity index (χ1v) is 14.5. The van der Waals surface area contributed by atoms with E-state index in [4.69, 9.17) is 4.74 Å². The molecule has 5 unspecified atom stereocenters. The van der Waals surface area contributed by atoms with Crippen molar-refractivity contribution in [3.63, 3.8) is 0 Å². The maximum absolute atomic E-state index is 10.8. The minimum absolute atomic E-state index is 0.0958. The molecule has 0 saturated heterocycles. The number of hydrogen-bond donors (Lipinski definition) is 2. The summed E-state index contributed by atoms with van der Waals surface area (Å²) in [5, 5.41) is 20.7. The molecule has 2 N–H and O–H groups in total. The fraction of sp³-hybridized carbons (Fsp3) is 0.636. The zero-order chi connectivity index (χ0) is 25.5. The van der Waals surface area contributed by atoms with Crippen LogP contribution in [0.2, 0.25) is 0 Å². The van der Waals surface area contributed by atoms with Gasteiger partial charge in [-0.25, -0.2) is 0 Å². The zero-order valence-corrected chi connectivity index (χ0v) is 22.8. The molecule has 0 aromatic heterocycles. The van der Waals surface area contributed by atoms with E-state index in [9.17, 15) is 10.2 Å². The highest BCUT2D eigenvalue weighted by molar-refractivity contribution is 5.43. The molecule has 36 heavy (non-hydrogen) atoms. The second-order valence-corrected chi connectivity index (χ2v) is 12.2. The minimum Gasteiger partial charge on any atom is -0.489 e. The summed E-state index contributed by atoms with van der Waals surface area (Å²) in [6, 6.07) is 17.4. The largest absolute Gasteiger partial charge is 0.489 e. The first kappa shape index (κ1) is 27.2. The van der Waals surface area contributed by atoms with Crippen LogP contribution in [0.15, 0.2) is 48.5 Å². The third kappa shape index (κ3) is 6.72. The first-order valence-electron chi connectivity index (χ1n) is 14.5. The Morgan fingerprint density at radius 2 is 1.75 bits per heavy atom. The van der Waals surface area contributed by atoms with Gasteiger partial charge in [0.25, 0.3) is 0 Å². The summed E-state index contributed by atoms with van der Waals surface area (Å²) < 4.78 is 6.59. The highest BCUT2D eigenvalue weighted by Gasteiger charge is 2.42. The van der Waals surface area contributed by atoms with Crippen molar-refractivity contribution >= 4 is 0 Å². The van der Waals surface area contributed by atoms with E-state index < -0.39 is 0 Å². The molecule has 0 spiro atoms. The van der Waals surface area contributed by atoms with E-state index >= 15 is 0 Å². The summed E-state index contributed by atoms with van der Waals surface area (Å²) in [5.41, 5.74) is 3.87. The molecule has 0 bridgehead atoms. The third-order valence-corrected chi connectivity index (χ3v) is 9.12. The van der Waals surface area contributed by atoms with Crippen LogP contribution >= 0.6 is 0 Å². The lowest BCUT2D eigenvalue weighted by atomic mass is 9.60. The van der Waals surface area contributed by atoms with Crippen molar-refractivity contribution in [1.82, 2.24) is 0 Å². The Morgan fingerprint density at radius 3 is 2.50 bits per heavy atom. The monoisotopic (exact) mass is 492 g/mol. The molecule has 4 rings (SSSR count). The van der Waals surface area contributed by atoms with Crippen LogP contribution in [0.5, 0.6) is 5.75 Å². The van der Waals surface area contributed by atoms with Gasteiger partial charge in [-0.05, 0) is 90.4 Å². The predicted molar refractivity (Wildman–Crippen MR) is 148 cm³/mol. The maximum Gasteiger partial charge on any atom is 0.123 e. The van der Waals surface area contributed by atoms with Crippen LogP contribution in [0.4, 0.5) is 0 Å². The van der Waals surface area contributed by atoms with Gasteiger partial charge in [-0.15, -0.1) is 0 Å². The molecule has 3 nitrogen and oxygen atoms in total. The third-order valence-electron chi connectivity index (χ3n) is 9.12. The van der Waals surface area contributed by atoms with Crippen LogP contribution < -0.4 is 4.74 Å². The number of aliphatic hydroxyl groups excluding tert-OH is 2. The van der Waals surface area contributed by atoms with Crippen LogP contribution in [0.25, 0.3) is 0 Å². The average Bonchev–Trinajstić information content (AvgIpc) is 2.89. The Kier molecular flexibility index (Phi) is 9.52. The Morgan fingerprint density at radius 1 is 0.944 bits per heavy atom. The van der Waals surface area contributed by atoms with Crippen molar-refractivity contribution in [2.75, 3.05) is 6.61 Å². The molecule has 2 aromatic carbocycles. The Balaban J connectivity index is 1.63. The van der Waals surface area contributed by atoms with E-state index in [-0.39, 0.29) is 24.0 Å². The number of benzene rings is 2. The molecule has 3 heteroatoms. The summed E-state index contributed by atoms with van der Waals surface area (Å²) in [5.74, 6) is 2.70. The lowest BCUT2D eigenvalue weighted by molar-refractivity contribution is 0.00966. The van der Waals surface area contributed by atoms with Gasteiger partial charge in [0.05, 0.1) is 6.10 Å². The van der Waals surface area contributed by atoms with E-state index in [0.29, 0.717) is 24.4 Å². The van der Waals surface area contributed by atoms with E-state index in [2.05, 4.69) is 63.2 Å². The second kappa shape index (κ2) is 12.6. The summed E-state index contributed by atoms with van der Waals surface area (Å²) in [6.07, 6.45) is 11.0. The van der Waals surface area contributed by atoms with Crippen LogP contribution in [0.1, 0.15) is 108 Å². The molecule has 2 aliphatic rings. The standard InChI is InChI=1S/C33H48O3/c1-4-5-6-10-17-33(2,3)27-15-16-29(32(20-27)36-23-24-11-8-7-9-12-24)31-21-28(35)19-26-14-13-25(22-34)18-30(26)31/h7-9,11-12,15-16,20,25-26,28,30-31,34-35H,4-6,10,13-14,17-19,21-23H2,1-3H3. The molecule has 2 saturated carbocycles. The van der Waals surface area contributed by atoms with Crippen LogP contribution in [-0.4, -0.2) is 22.9 Å². The summed E-state index contributed by atoms with van der Waals surface area (Å²) in [4.78, 5) is 0. The average molecular weight is 493 g/mol. The topological polar surface area (TPSA) is 49.7 Å². The van der Waals surface area contributed by atoms with Gasteiger partial charge < -0.3 is 14.9 Å². The van der Waals surface area contributed by atoms with Crippen molar-refractivity contribution < 1.29 is 14.9 Å². The summed E-state index contributed by atoms with van der Waals surface area (Å²) >= 11 is 0. The smallest absolute Gasteiger partial charge is 0.123 e. The van der Waals surface area contributed by atoms with E-state index in [1.54, 1.807) is 0 Å². The quantitative estimate of drug-likeness (QED) is 0.315. The Hall–Kier alpha value is -1.84. The van der Waals surface area contributed by atoms with Crippen molar-refractivity contribution in [1.29, 1.82) is 0 Å². The molecule has 198 valence electrons. The van der Waals surface area contributed by atoms with Gasteiger partial charge in [0.15, 0.2) is 0 Å². The molecule has 2 aromatic rings. The lowest BCUT2D eigenvalue weighted by Gasteiger charge is -2.46. The van der Waals surface area contributed by atoms with Gasteiger partial charge in [0, 0.05) is 6.61 Å². The van der Waals surface area contributed by atoms with Gasteiger partial charge in [-0.1, -0.05) is 88.9 Å². The zero-order valence-electron chi connectivity index (χ0n) is 22.8. The number of ether oxygens (including phenoxy) is 1. The highest BCUT2D eigenvalue weighted by Crippen LogP contribution is 2.51. The molecule has 0 radical (unpaired) electrons. The Bertz CT molecular complexity index is 937.